The molecule has 5 nitrogen and oxygen atoms in total. The van der Waals surface area contributed by atoms with Crippen LogP contribution in [-0.2, 0) is 9.30 Å². The van der Waals surface area contributed by atoms with Gasteiger partial charge in [-0.1, -0.05) is 60.7 Å². The minimum atomic E-state index is -3.18. The summed E-state index contributed by atoms with van der Waals surface area (Å²) >= 11 is 0. The van der Waals surface area contributed by atoms with Crippen molar-refractivity contribution < 1.29 is 18.8 Å². The lowest BCUT2D eigenvalue weighted by Crippen LogP contribution is -2.04. The first kappa shape index (κ1) is 19.9. The Morgan fingerprint density at radius 3 is 1.83 bits per heavy atom. The Hall–Kier alpha value is -3.43. The van der Waals surface area contributed by atoms with E-state index in [0.717, 1.165) is 11.1 Å². The van der Waals surface area contributed by atoms with E-state index in [0.29, 0.717) is 28.7 Å². The van der Waals surface area contributed by atoms with Crippen LogP contribution in [-0.4, -0.2) is 14.2 Å². The van der Waals surface area contributed by atoms with Crippen LogP contribution in [0, 0.1) is 0 Å². The first-order valence-corrected chi connectivity index (χ1v) is 11.3. The summed E-state index contributed by atoms with van der Waals surface area (Å²) in [6.45, 7) is 0. The van der Waals surface area contributed by atoms with E-state index >= 15 is 0 Å². The smallest absolute Gasteiger partial charge is 0.220 e. The number of methoxy groups -OCH3 is 2. The number of rotatable bonds is 6. The molecule has 4 rings (SSSR count). The molecule has 6 heteroatoms. The van der Waals surface area contributed by atoms with Crippen LogP contribution < -0.4 is 14.6 Å². The van der Waals surface area contributed by atoms with Crippen LogP contribution in [0.2, 0.25) is 0 Å². The van der Waals surface area contributed by atoms with Crippen molar-refractivity contribution in [2.24, 2.45) is 0 Å². The van der Waals surface area contributed by atoms with Gasteiger partial charge in [-0.2, -0.15) is 0 Å². The molecule has 3 aromatic rings. The van der Waals surface area contributed by atoms with Gasteiger partial charge in [0.1, 0.15) is 23.0 Å². The Kier molecular flexibility index (Phi) is 5.64. The van der Waals surface area contributed by atoms with Gasteiger partial charge in [0.2, 0.25) is 7.29 Å². The molecule has 0 unspecified atom stereocenters. The number of anilines is 1. The third kappa shape index (κ3) is 4.27. The van der Waals surface area contributed by atoms with Gasteiger partial charge < -0.3 is 19.3 Å². The molecule has 30 heavy (non-hydrogen) atoms. The van der Waals surface area contributed by atoms with Crippen molar-refractivity contribution in [1.82, 2.24) is 0 Å². The Labute approximate surface area is 176 Å². The third-order valence-corrected chi connectivity index (χ3v) is 6.48. The molecule has 0 fully saturated rings. The molecule has 0 aromatic heterocycles. The minimum absolute atomic E-state index is 0.537. The maximum absolute atomic E-state index is 14.0. The van der Waals surface area contributed by atoms with Gasteiger partial charge >= 0.3 is 0 Å². The zero-order valence-electron chi connectivity index (χ0n) is 16.7. The van der Waals surface area contributed by atoms with Crippen LogP contribution in [0.15, 0.2) is 90.5 Å². The molecule has 0 spiro atoms. The van der Waals surface area contributed by atoms with Gasteiger partial charge in [-0.25, -0.2) is 0 Å². The van der Waals surface area contributed by atoms with Gasteiger partial charge in [-0.05, 0) is 12.1 Å². The van der Waals surface area contributed by atoms with E-state index < -0.39 is 7.29 Å². The molecular formula is C24H22NO4P. The fourth-order valence-corrected chi connectivity index (χ4v) is 5.04. The van der Waals surface area contributed by atoms with Crippen LogP contribution in [0.5, 0.6) is 11.5 Å². The Morgan fingerprint density at radius 2 is 1.33 bits per heavy atom. The van der Waals surface area contributed by atoms with Crippen LogP contribution in [0.25, 0.3) is 11.5 Å². The summed E-state index contributed by atoms with van der Waals surface area (Å²) in [4.78, 5) is 0. The molecule has 0 amide bonds. The molecular weight excluding hydrogens is 397 g/mol. The SMILES string of the molecule is COc1ccc(OC)c(NP2(=O)C=C(c3ccccc3)OC(c3ccccc3)=C2)c1. The Balaban J connectivity index is 1.80. The molecule has 0 atom stereocenters. The van der Waals surface area contributed by atoms with E-state index in [1.807, 2.05) is 60.7 Å². The number of hydrogen-bond donors (Lipinski definition) is 1. The zero-order valence-corrected chi connectivity index (χ0v) is 17.6. The highest BCUT2D eigenvalue weighted by atomic mass is 31.2. The average Bonchev–Trinajstić information content (AvgIpc) is 2.79. The topological polar surface area (TPSA) is 56.8 Å². The summed E-state index contributed by atoms with van der Waals surface area (Å²) in [7, 11) is -0.0245. The highest BCUT2D eigenvalue weighted by Crippen LogP contribution is 2.57. The maximum Gasteiger partial charge on any atom is 0.220 e. The van der Waals surface area contributed by atoms with E-state index in [9.17, 15) is 4.57 Å². The second-order valence-corrected chi connectivity index (χ2v) is 8.87. The van der Waals surface area contributed by atoms with E-state index in [-0.39, 0.29) is 0 Å². The lowest BCUT2D eigenvalue weighted by Gasteiger charge is -2.24. The van der Waals surface area contributed by atoms with Gasteiger partial charge in [0.15, 0.2) is 0 Å². The van der Waals surface area contributed by atoms with Gasteiger partial charge in [0, 0.05) is 28.8 Å². The molecule has 3 aromatic carbocycles. The number of hydrogen-bond acceptors (Lipinski definition) is 4. The van der Waals surface area contributed by atoms with Crippen molar-refractivity contribution in [2.45, 2.75) is 0 Å². The first-order valence-electron chi connectivity index (χ1n) is 9.44. The van der Waals surface area contributed by atoms with Crippen molar-refractivity contribution >= 4 is 24.5 Å². The molecule has 152 valence electrons. The second kappa shape index (κ2) is 8.52. The average molecular weight is 419 g/mol. The van der Waals surface area contributed by atoms with Crippen LogP contribution in [0.1, 0.15) is 11.1 Å². The highest BCUT2D eigenvalue weighted by Gasteiger charge is 2.28. The molecule has 1 aliphatic rings. The maximum atomic E-state index is 14.0. The van der Waals surface area contributed by atoms with Crippen molar-refractivity contribution in [3.8, 4) is 11.5 Å². The molecule has 0 radical (unpaired) electrons. The summed E-state index contributed by atoms with van der Waals surface area (Å²) in [6.07, 6.45) is 0. The monoisotopic (exact) mass is 419 g/mol. The summed E-state index contributed by atoms with van der Waals surface area (Å²) in [5.41, 5.74) is 2.27. The van der Waals surface area contributed by atoms with E-state index in [2.05, 4.69) is 5.09 Å². The molecule has 1 heterocycles. The quantitative estimate of drug-likeness (QED) is 0.467. The molecule has 0 saturated heterocycles. The summed E-state index contributed by atoms with van der Waals surface area (Å²) < 4.78 is 30.9. The number of nitrogens with one attached hydrogen (secondary N) is 1. The van der Waals surface area contributed by atoms with Crippen LogP contribution in [0.4, 0.5) is 5.69 Å². The fraction of sp³-hybridized carbons (Fsp3) is 0.0833. The Morgan fingerprint density at radius 1 is 0.767 bits per heavy atom. The molecule has 0 saturated carbocycles. The summed E-state index contributed by atoms with van der Waals surface area (Å²) in [5.74, 6) is 5.57. The molecule has 1 N–H and O–H groups in total. The standard InChI is InChI=1S/C24H22NO4P/c1-27-20-13-14-22(28-2)21(15-20)25-30(26)16-23(18-9-5-3-6-10-18)29-24(17-30)19-11-7-4-8-12-19/h3-17H,1-2H3,(H,25,26). The van der Waals surface area contributed by atoms with Gasteiger partial charge in [-0.3, -0.25) is 4.57 Å². The van der Waals surface area contributed by atoms with E-state index in [1.165, 1.54) is 0 Å². The summed E-state index contributed by atoms with van der Waals surface area (Å²) in [6, 6.07) is 24.6. The predicted molar refractivity (Wildman–Crippen MR) is 121 cm³/mol. The largest absolute Gasteiger partial charge is 0.497 e. The summed E-state index contributed by atoms with van der Waals surface area (Å²) in [5, 5.41) is 3.17. The van der Waals surface area contributed by atoms with Crippen molar-refractivity contribution in [2.75, 3.05) is 19.3 Å². The first-order chi connectivity index (χ1) is 14.6. The second-order valence-electron chi connectivity index (χ2n) is 6.71. The highest BCUT2D eigenvalue weighted by molar-refractivity contribution is 7.72. The van der Waals surface area contributed by atoms with Crippen molar-refractivity contribution in [3.63, 3.8) is 0 Å². The minimum Gasteiger partial charge on any atom is -0.497 e. The van der Waals surface area contributed by atoms with Gasteiger partial charge in [0.25, 0.3) is 0 Å². The molecule has 0 aliphatic carbocycles. The molecule has 0 bridgehead atoms. The molecule has 1 aliphatic heterocycles. The number of benzene rings is 3. The van der Waals surface area contributed by atoms with Crippen LogP contribution in [0.3, 0.4) is 0 Å². The lowest BCUT2D eigenvalue weighted by atomic mass is 10.2. The lowest BCUT2D eigenvalue weighted by molar-refractivity contribution is 0.405. The predicted octanol–water partition coefficient (Wildman–Crippen LogP) is 6.42. The van der Waals surface area contributed by atoms with Crippen molar-refractivity contribution in [1.29, 1.82) is 0 Å². The Bertz CT molecular complexity index is 1080. The number of ether oxygens (including phenoxy) is 3. The van der Waals surface area contributed by atoms with E-state index in [4.69, 9.17) is 14.2 Å². The fourth-order valence-electron chi connectivity index (χ4n) is 3.18. The van der Waals surface area contributed by atoms with E-state index in [1.54, 1.807) is 44.1 Å². The van der Waals surface area contributed by atoms with Crippen molar-refractivity contribution in [3.05, 3.63) is 102 Å². The normalized spacial score (nSPS) is 14.7. The van der Waals surface area contributed by atoms with Gasteiger partial charge in [0.05, 0.1) is 19.9 Å². The van der Waals surface area contributed by atoms with Crippen LogP contribution >= 0.6 is 7.29 Å². The zero-order chi connectivity index (χ0) is 21.0. The third-order valence-electron chi connectivity index (χ3n) is 4.66. The van der Waals surface area contributed by atoms with Gasteiger partial charge in [-0.15, -0.1) is 0 Å².